The van der Waals surface area contributed by atoms with Crippen molar-refractivity contribution in [1.29, 1.82) is 0 Å². The van der Waals surface area contributed by atoms with Gasteiger partial charge in [-0.2, -0.15) is 0 Å². The smallest absolute Gasteiger partial charge is 0.225 e. The minimum atomic E-state index is -0.489. The highest BCUT2D eigenvalue weighted by molar-refractivity contribution is 5.76. The highest BCUT2D eigenvalue weighted by Crippen LogP contribution is 2.04. The summed E-state index contributed by atoms with van der Waals surface area (Å²) in [6.45, 7) is 10.3. The van der Waals surface area contributed by atoms with E-state index in [0.717, 1.165) is 0 Å². The Labute approximate surface area is 98.6 Å². The molecule has 4 nitrogen and oxygen atoms in total. The maximum atomic E-state index is 11.8. The van der Waals surface area contributed by atoms with Crippen LogP contribution in [0.25, 0.3) is 0 Å². The third-order valence-corrected chi connectivity index (χ3v) is 2.17. The molecule has 0 bridgehead atoms. The Morgan fingerprint density at radius 2 is 1.81 bits per heavy atom. The van der Waals surface area contributed by atoms with Crippen LogP contribution in [0.4, 0.5) is 0 Å². The van der Waals surface area contributed by atoms with Gasteiger partial charge in [0.05, 0.1) is 25.2 Å². The molecule has 1 amide bonds. The predicted molar refractivity (Wildman–Crippen MR) is 64.2 cm³/mol. The fraction of sp³-hybridized carbons (Fsp3) is 0.917. The first-order chi connectivity index (χ1) is 7.34. The van der Waals surface area contributed by atoms with Gasteiger partial charge >= 0.3 is 0 Å². The maximum absolute atomic E-state index is 11.8. The molecule has 96 valence electrons. The number of carbonyl (C=O) groups is 1. The molecule has 0 heterocycles. The van der Waals surface area contributed by atoms with Crippen molar-refractivity contribution in [2.24, 2.45) is 0 Å². The normalized spacial score (nSPS) is 13.2. The molecule has 16 heavy (non-hydrogen) atoms. The summed E-state index contributed by atoms with van der Waals surface area (Å²) >= 11 is 0. The molecule has 0 aliphatic rings. The van der Waals surface area contributed by atoms with E-state index in [1.165, 1.54) is 0 Å². The summed E-state index contributed by atoms with van der Waals surface area (Å²) in [5, 5.41) is 9.31. The second-order valence-corrected chi connectivity index (χ2v) is 4.66. The molecule has 1 N–H and O–H groups in total. The summed E-state index contributed by atoms with van der Waals surface area (Å²) in [4.78, 5) is 13.5. The van der Waals surface area contributed by atoms with Crippen LogP contribution in [0.2, 0.25) is 0 Å². The lowest BCUT2D eigenvalue weighted by Crippen LogP contribution is -2.41. The third-order valence-electron chi connectivity index (χ3n) is 2.17. The van der Waals surface area contributed by atoms with Gasteiger partial charge in [-0.3, -0.25) is 4.79 Å². The molecule has 0 spiro atoms. The summed E-state index contributed by atoms with van der Waals surface area (Å²) in [7, 11) is 0. The van der Waals surface area contributed by atoms with Gasteiger partial charge < -0.3 is 14.7 Å². The second kappa shape index (κ2) is 7.63. The molecule has 0 saturated carbocycles. The standard InChI is InChI=1S/C12H25NO3/c1-9(2)13(8-11(5)14)12(15)6-7-16-10(3)4/h9-11,14H,6-8H2,1-5H3. The van der Waals surface area contributed by atoms with E-state index in [-0.39, 0.29) is 18.1 Å². The van der Waals surface area contributed by atoms with E-state index in [1.807, 2.05) is 27.7 Å². The summed E-state index contributed by atoms with van der Waals surface area (Å²) in [6.07, 6.45) is 0.0396. The lowest BCUT2D eigenvalue weighted by molar-refractivity contribution is -0.135. The molecule has 4 heteroatoms. The summed E-state index contributed by atoms with van der Waals surface area (Å²) < 4.78 is 5.34. The average Bonchev–Trinajstić information content (AvgIpc) is 2.12. The fourth-order valence-electron chi connectivity index (χ4n) is 1.41. The third kappa shape index (κ3) is 6.80. The SMILES string of the molecule is CC(O)CN(C(=O)CCOC(C)C)C(C)C. The first kappa shape index (κ1) is 15.4. The van der Waals surface area contributed by atoms with Crippen LogP contribution in [0.5, 0.6) is 0 Å². The Morgan fingerprint density at radius 3 is 2.19 bits per heavy atom. The van der Waals surface area contributed by atoms with Gasteiger partial charge in [-0.15, -0.1) is 0 Å². The van der Waals surface area contributed by atoms with Crippen molar-refractivity contribution in [2.75, 3.05) is 13.2 Å². The Balaban J connectivity index is 4.07. The van der Waals surface area contributed by atoms with Crippen molar-refractivity contribution < 1.29 is 14.6 Å². The van der Waals surface area contributed by atoms with Crippen LogP contribution < -0.4 is 0 Å². The van der Waals surface area contributed by atoms with Gasteiger partial charge in [-0.1, -0.05) is 0 Å². The van der Waals surface area contributed by atoms with Gasteiger partial charge in [0.25, 0.3) is 0 Å². The highest BCUT2D eigenvalue weighted by Gasteiger charge is 2.18. The van der Waals surface area contributed by atoms with Crippen LogP contribution in [0.3, 0.4) is 0 Å². The van der Waals surface area contributed by atoms with E-state index in [9.17, 15) is 9.90 Å². The Bertz CT molecular complexity index is 202. The van der Waals surface area contributed by atoms with Gasteiger partial charge in [-0.25, -0.2) is 0 Å². The topological polar surface area (TPSA) is 49.8 Å². The molecule has 0 rings (SSSR count). The van der Waals surface area contributed by atoms with Crippen molar-refractivity contribution in [3.8, 4) is 0 Å². The van der Waals surface area contributed by atoms with Crippen LogP contribution in [-0.2, 0) is 9.53 Å². The number of amides is 1. The van der Waals surface area contributed by atoms with E-state index in [0.29, 0.717) is 19.6 Å². The van der Waals surface area contributed by atoms with Crippen molar-refractivity contribution in [3.05, 3.63) is 0 Å². The number of aliphatic hydroxyl groups excluding tert-OH is 1. The minimum absolute atomic E-state index is 0.0385. The zero-order chi connectivity index (χ0) is 12.7. The molecule has 0 aromatic heterocycles. The van der Waals surface area contributed by atoms with Crippen LogP contribution >= 0.6 is 0 Å². The number of nitrogens with zero attached hydrogens (tertiary/aromatic N) is 1. The number of rotatable bonds is 7. The largest absolute Gasteiger partial charge is 0.392 e. The van der Waals surface area contributed by atoms with Crippen LogP contribution in [-0.4, -0.2) is 47.3 Å². The first-order valence-corrected chi connectivity index (χ1v) is 5.93. The Hall–Kier alpha value is -0.610. The Kier molecular flexibility index (Phi) is 7.34. The molecule has 0 aromatic rings. The number of aliphatic hydroxyl groups is 1. The van der Waals surface area contributed by atoms with Crippen molar-refractivity contribution >= 4 is 5.91 Å². The first-order valence-electron chi connectivity index (χ1n) is 5.93. The van der Waals surface area contributed by atoms with E-state index < -0.39 is 6.10 Å². The van der Waals surface area contributed by atoms with E-state index in [2.05, 4.69) is 0 Å². The highest BCUT2D eigenvalue weighted by atomic mass is 16.5. The quantitative estimate of drug-likeness (QED) is 0.721. The molecule has 0 aromatic carbocycles. The predicted octanol–water partition coefficient (Wildman–Crippen LogP) is 1.42. The molecule has 1 unspecified atom stereocenters. The summed E-state index contributed by atoms with van der Waals surface area (Å²) in [5.74, 6) is 0.0385. The molecular formula is C12H25NO3. The number of ether oxygens (including phenoxy) is 1. The van der Waals surface area contributed by atoms with Gasteiger partial charge in [0.1, 0.15) is 0 Å². The fourth-order valence-corrected chi connectivity index (χ4v) is 1.41. The van der Waals surface area contributed by atoms with Crippen LogP contribution in [0.1, 0.15) is 41.0 Å². The van der Waals surface area contributed by atoms with E-state index in [1.54, 1.807) is 11.8 Å². The minimum Gasteiger partial charge on any atom is -0.392 e. The molecule has 0 saturated heterocycles. The van der Waals surface area contributed by atoms with Gasteiger partial charge in [-0.05, 0) is 34.6 Å². The van der Waals surface area contributed by atoms with Crippen molar-refractivity contribution in [1.82, 2.24) is 4.90 Å². The Morgan fingerprint density at radius 1 is 1.25 bits per heavy atom. The zero-order valence-electron chi connectivity index (χ0n) is 11.1. The van der Waals surface area contributed by atoms with E-state index in [4.69, 9.17) is 4.74 Å². The molecule has 0 fully saturated rings. The number of hydrogen-bond donors (Lipinski definition) is 1. The molecule has 1 atom stereocenters. The molecule has 0 aliphatic carbocycles. The van der Waals surface area contributed by atoms with Gasteiger partial charge in [0, 0.05) is 12.6 Å². The van der Waals surface area contributed by atoms with Crippen LogP contribution in [0, 0.1) is 0 Å². The second-order valence-electron chi connectivity index (χ2n) is 4.66. The lowest BCUT2D eigenvalue weighted by atomic mass is 10.2. The summed E-state index contributed by atoms with van der Waals surface area (Å²) in [5.41, 5.74) is 0. The number of carbonyl (C=O) groups excluding carboxylic acids is 1. The molecular weight excluding hydrogens is 206 g/mol. The lowest BCUT2D eigenvalue weighted by Gasteiger charge is -2.28. The zero-order valence-corrected chi connectivity index (χ0v) is 11.1. The maximum Gasteiger partial charge on any atom is 0.225 e. The van der Waals surface area contributed by atoms with Gasteiger partial charge in [0.2, 0.25) is 5.91 Å². The van der Waals surface area contributed by atoms with Crippen molar-refractivity contribution in [3.63, 3.8) is 0 Å². The van der Waals surface area contributed by atoms with Crippen LogP contribution in [0.15, 0.2) is 0 Å². The number of hydrogen-bond acceptors (Lipinski definition) is 3. The molecule has 0 radical (unpaired) electrons. The summed E-state index contributed by atoms with van der Waals surface area (Å²) in [6, 6.07) is 0.112. The van der Waals surface area contributed by atoms with E-state index >= 15 is 0 Å². The molecule has 0 aliphatic heterocycles. The monoisotopic (exact) mass is 231 g/mol. The van der Waals surface area contributed by atoms with Crippen molar-refractivity contribution in [2.45, 2.75) is 59.3 Å². The average molecular weight is 231 g/mol. The van der Waals surface area contributed by atoms with Gasteiger partial charge in [0.15, 0.2) is 0 Å².